The van der Waals surface area contributed by atoms with Gasteiger partial charge >= 0.3 is 6.09 Å². The monoisotopic (exact) mass is 574 g/mol. The van der Waals surface area contributed by atoms with Gasteiger partial charge in [0.2, 0.25) is 11.8 Å². The minimum absolute atomic E-state index is 0.0334. The molecule has 1 aliphatic carbocycles. The molecule has 2 N–H and O–H groups in total. The van der Waals surface area contributed by atoms with E-state index in [1.165, 1.54) is 0 Å². The van der Waals surface area contributed by atoms with Gasteiger partial charge in [0.15, 0.2) is 5.78 Å². The van der Waals surface area contributed by atoms with Crippen LogP contribution in [0.4, 0.5) is 4.79 Å². The number of fused-ring (bicyclic) bond motifs is 1. The average molecular weight is 575 g/mol. The molecule has 0 aromatic heterocycles. The number of hydrogen-bond acceptors (Lipinski definition) is 7. The molecule has 1 aromatic carbocycles. The van der Waals surface area contributed by atoms with Gasteiger partial charge in [-0.3, -0.25) is 29.5 Å². The van der Waals surface area contributed by atoms with Gasteiger partial charge < -0.3 is 10.1 Å². The second kappa shape index (κ2) is 12.8. The van der Waals surface area contributed by atoms with E-state index in [-0.39, 0.29) is 35.7 Å². The maximum Gasteiger partial charge on any atom is 0.407 e. The molecule has 3 aliphatic heterocycles. The highest BCUT2D eigenvalue weighted by atomic mass is 16.6. The Kier molecular flexibility index (Phi) is 9.14. The van der Waals surface area contributed by atoms with Crippen molar-refractivity contribution in [2.24, 2.45) is 5.92 Å². The molecule has 3 heterocycles. The minimum atomic E-state index is -0.478. The second-order valence-electron chi connectivity index (χ2n) is 13.0. The summed E-state index contributed by atoms with van der Waals surface area (Å²) in [7, 11) is 0. The number of nitrogens with one attached hydrogen (secondary N) is 2. The van der Waals surface area contributed by atoms with Crippen molar-refractivity contribution in [1.29, 1.82) is 0 Å². The number of carbonyl (C=O) groups excluding carboxylic acids is 4. The Morgan fingerprint density at radius 1 is 1.12 bits per heavy atom. The minimum Gasteiger partial charge on any atom is -0.444 e. The molecular formula is C33H42N4O5. The molecule has 3 saturated heterocycles. The highest BCUT2D eigenvalue weighted by molar-refractivity contribution is 6.07. The van der Waals surface area contributed by atoms with E-state index in [4.69, 9.17) is 4.74 Å². The first-order chi connectivity index (χ1) is 20.0. The molecule has 0 spiro atoms. The molecule has 3 fully saturated rings. The van der Waals surface area contributed by atoms with Crippen LogP contribution in [0.5, 0.6) is 0 Å². The summed E-state index contributed by atoms with van der Waals surface area (Å²) in [5.74, 6) is 5.80. The van der Waals surface area contributed by atoms with Crippen molar-refractivity contribution in [3.63, 3.8) is 0 Å². The van der Waals surface area contributed by atoms with Crippen LogP contribution in [-0.4, -0.2) is 83.9 Å². The Labute approximate surface area is 248 Å². The van der Waals surface area contributed by atoms with Crippen molar-refractivity contribution in [1.82, 2.24) is 20.4 Å². The largest absolute Gasteiger partial charge is 0.444 e. The quantitative estimate of drug-likeness (QED) is 0.397. The number of allylic oxidation sites excluding steroid dienone is 2. The fourth-order valence-electron chi connectivity index (χ4n) is 6.22. The van der Waals surface area contributed by atoms with E-state index in [1.807, 2.05) is 39.0 Å². The maximum atomic E-state index is 12.7. The lowest BCUT2D eigenvalue weighted by Crippen LogP contribution is -2.61. The Balaban J connectivity index is 1.02. The lowest BCUT2D eigenvalue weighted by Gasteiger charge is -2.47. The third-order valence-corrected chi connectivity index (χ3v) is 8.48. The number of ether oxygens (including phenoxy) is 1. The van der Waals surface area contributed by atoms with Crippen molar-refractivity contribution in [2.75, 3.05) is 32.7 Å². The number of nitrogens with zero attached hydrogens (tertiary/aromatic N) is 2. The summed E-state index contributed by atoms with van der Waals surface area (Å²) in [5.41, 5.74) is 3.00. The molecule has 1 aromatic rings. The fraction of sp³-hybridized carbons (Fsp3) is 0.576. The number of likely N-dealkylation sites (tertiary alicyclic amines) is 2. The highest BCUT2D eigenvalue weighted by Crippen LogP contribution is 2.29. The zero-order valence-electron chi connectivity index (χ0n) is 25.0. The van der Waals surface area contributed by atoms with E-state index < -0.39 is 5.60 Å². The Bertz CT molecular complexity index is 1320. The predicted molar refractivity (Wildman–Crippen MR) is 159 cm³/mol. The van der Waals surface area contributed by atoms with Crippen LogP contribution in [0.1, 0.15) is 80.8 Å². The van der Waals surface area contributed by atoms with Crippen LogP contribution in [0.15, 0.2) is 29.8 Å². The molecule has 42 heavy (non-hydrogen) atoms. The SMILES string of the molecule is CC(C)(C)OC(=O)NC1CCN(C2CN(CCC#Cc3ccc4c(c3)CC(CC3CCC(=O)NC3=O)=CC4=O)C2)CC1. The first-order valence-corrected chi connectivity index (χ1v) is 15.2. The van der Waals surface area contributed by atoms with Gasteiger partial charge in [-0.05, 0) is 82.7 Å². The summed E-state index contributed by atoms with van der Waals surface area (Å²) < 4.78 is 5.38. The third-order valence-electron chi connectivity index (χ3n) is 8.48. The van der Waals surface area contributed by atoms with Gasteiger partial charge in [-0.25, -0.2) is 4.79 Å². The van der Waals surface area contributed by atoms with Crippen LogP contribution < -0.4 is 10.6 Å². The lowest BCUT2D eigenvalue weighted by atomic mass is 9.83. The summed E-state index contributed by atoms with van der Waals surface area (Å²) in [4.78, 5) is 53.3. The number of imide groups is 1. The first-order valence-electron chi connectivity index (χ1n) is 15.2. The Hall–Kier alpha value is -3.48. The topological polar surface area (TPSA) is 108 Å². The smallest absolute Gasteiger partial charge is 0.407 e. The Morgan fingerprint density at radius 2 is 1.88 bits per heavy atom. The molecule has 0 radical (unpaired) electrons. The van der Waals surface area contributed by atoms with Gasteiger partial charge in [-0.15, -0.1) is 0 Å². The molecule has 9 nitrogen and oxygen atoms in total. The molecule has 0 bridgehead atoms. The standard InChI is InChI=1S/C33H42N4O5/c1-33(2,3)42-32(41)34-26-11-14-37(15-12-26)27-20-36(21-27)13-5-4-6-22-7-9-28-25(16-22)18-23(19-29(28)38)17-24-8-10-30(39)35-31(24)40/h7,9,16,19,24,26-27H,5,8,10-15,17-18,20-21H2,1-3H3,(H,34,41)(H,35,39,40). The molecular weight excluding hydrogens is 532 g/mol. The summed E-state index contributed by atoms with van der Waals surface area (Å²) in [5, 5.41) is 5.41. The van der Waals surface area contributed by atoms with Crippen molar-refractivity contribution in [3.8, 4) is 11.8 Å². The van der Waals surface area contributed by atoms with E-state index in [2.05, 4.69) is 32.3 Å². The van der Waals surface area contributed by atoms with Crippen molar-refractivity contribution in [3.05, 3.63) is 46.5 Å². The maximum absolute atomic E-state index is 12.7. The van der Waals surface area contributed by atoms with E-state index in [0.717, 1.165) is 68.7 Å². The molecule has 9 heteroatoms. The Morgan fingerprint density at radius 3 is 2.60 bits per heavy atom. The summed E-state index contributed by atoms with van der Waals surface area (Å²) in [6.07, 6.45) is 6.00. The molecule has 224 valence electrons. The predicted octanol–water partition coefficient (Wildman–Crippen LogP) is 3.21. The molecule has 3 amide bonds. The van der Waals surface area contributed by atoms with Crippen LogP contribution in [0.3, 0.4) is 0 Å². The first kappa shape index (κ1) is 30.0. The van der Waals surface area contributed by atoms with Gasteiger partial charge in [0.05, 0.1) is 0 Å². The molecule has 1 atom stereocenters. The molecule has 5 rings (SSSR count). The molecule has 4 aliphatic rings. The van der Waals surface area contributed by atoms with Gasteiger partial charge in [0.1, 0.15) is 5.60 Å². The number of hydrogen-bond donors (Lipinski definition) is 2. The summed E-state index contributed by atoms with van der Waals surface area (Å²) in [6, 6.07) is 6.51. The summed E-state index contributed by atoms with van der Waals surface area (Å²) >= 11 is 0. The number of rotatable bonds is 6. The van der Waals surface area contributed by atoms with Crippen molar-refractivity contribution >= 4 is 23.7 Å². The van der Waals surface area contributed by atoms with Crippen LogP contribution >= 0.6 is 0 Å². The van der Waals surface area contributed by atoms with Crippen LogP contribution in [0.25, 0.3) is 0 Å². The molecule has 0 saturated carbocycles. The van der Waals surface area contributed by atoms with Crippen LogP contribution in [-0.2, 0) is 20.7 Å². The van der Waals surface area contributed by atoms with Crippen LogP contribution in [0.2, 0.25) is 0 Å². The van der Waals surface area contributed by atoms with E-state index in [0.29, 0.717) is 37.3 Å². The van der Waals surface area contributed by atoms with Gasteiger partial charge in [-0.1, -0.05) is 17.4 Å². The number of carbonyl (C=O) groups is 4. The number of ketones is 1. The second-order valence-corrected chi connectivity index (χ2v) is 13.0. The average Bonchev–Trinajstić information content (AvgIpc) is 2.88. The van der Waals surface area contributed by atoms with E-state index in [1.54, 1.807) is 6.08 Å². The van der Waals surface area contributed by atoms with E-state index in [9.17, 15) is 19.2 Å². The molecule has 1 unspecified atom stereocenters. The number of piperidine rings is 2. The number of benzene rings is 1. The van der Waals surface area contributed by atoms with Crippen molar-refractivity contribution < 1.29 is 23.9 Å². The zero-order chi connectivity index (χ0) is 29.9. The zero-order valence-corrected chi connectivity index (χ0v) is 25.0. The van der Waals surface area contributed by atoms with Crippen LogP contribution in [0, 0.1) is 17.8 Å². The summed E-state index contributed by atoms with van der Waals surface area (Å²) in [6.45, 7) is 10.6. The van der Waals surface area contributed by atoms with Crippen molar-refractivity contribution in [2.45, 2.75) is 83.4 Å². The van der Waals surface area contributed by atoms with Gasteiger partial charge in [0, 0.05) is 74.7 Å². The van der Waals surface area contributed by atoms with E-state index >= 15 is 0 Å². The highest BCUT2D eigenvalue weighted by Gasteiger charge is 2.34. The normalized spacial score (nSPS) is 22.3. The third kappa shape index (κ3) is 7.87. The van der Waals surface area contributed by atoms with Gasteiger partial charge in [-0.2, -0.15) is 0 Å². The fourth-order valence-corrected chi connectivity index (χ4v) is 6.22. The van der Waals surface area contributed by atoms with Gasteiger partial charge in [0.25, 0.3) is 0 Å². The number of alkyl carbamates (subject to hydrolysis) is 1. The number of amides is 3. The lowest BCUT2D eigenvalue weighted by molar-refractivity contribution is -0.136.